The van der Waals surface area contributed by atoms with Crippen molar-refractivity contribution in [2.24, 2.45) is 11.8 Å². The van der Waals surface area contributed by atoms with Crippen molar-refractivity contribution in [1.82, 2.24) is 15.1 Å². The van der Waals surface area contributed by atoms with Gasteiger partial charge < -0.3 is 25.2 Å². The number of amides is 3. The van der Waals surface area contributed by atoms with Crippen LogP contribution < -0.4 is 10.6 Å². The molecule has 5 atom stereocenters. The van der Waals surface area contributed by atoms with Gasteiger partial charge in [0.15, 0.2) is 0 Å². The van der Waals surface area contributed by atoms with Crippen LogP contribution in [0.25, 0.3) is 0 Å². The number of hydrogen-bond donors (Lipinski definition) is 2. The Hall–Kier alpha value is -2.13. The minimum atomic E-state index is -1.16. The summed E-state index contributed by atoms with van der Waals surface area (Å²) in [4.78, 5) is 45.4. The summed E-state index contributed by atoms with van der Waals surface area (Å²) in [5, 5.41) is 6.83. The zero-order chi connectivity index (χ0) is 27.7. The van der Waals surface area contributed by atoms with Crippen molar-refractivity contribution in [3.05, 3.63) is 40.4 Å². The standard InChI is InChI=1S/C29H38Cl2N4O4/c1-3-4-14-34(2)15-16-35-25(27(37)32-18-8-6-5-7-9-18)29-13-12-22(39-29)23(24(29)28(35)38)26(36)33-19-10-11-20(30)21(31)17-19/h10-13,17-18,22-25H,3-9,14-16H2,1-2H3,(H,32,37)(H,33,36)/t22-,23+,24-,25+,29-/m0/s1. The van der Waals surface area contributed by atoms with Crippen LogP contribution in [0.2, 0.25) is 10.0 Å². The zero-order valence-electron chi connectivity index (χ0n) is 22.6. The van der Waals surface area contributed by atoms with E-state index in [2.05, 4.69) is 22.5 Å². The summed E-state index contributed by atoms with van der Waals surface area (Å²) >= 11 is 12.2. The average molecular weight is 578 g/mol. The molecule has 2 saturated heterocycles. The molecule has 1 spiro atoms. The summed E-state index contributed by atoms with van der Waals surface area (Å²) in [6.45, 7) is 4.09. The lowest BCUT2D eigenvalue weighted by Gasteiger charge is -2.34. The van der Waals surface area contributed by atoms with Gasteiger partial charge in [-0.2, -0.15) is 0 Å². The van der Waals surface area contributed by atoms with Crippen LogP contribution in [0.1, 0.15) is 51.9 Å². The lowest BCUT2D eigenvalue weighted by atomic mass is 9.74. The number of carbonyl (C=O) groups excluding carboxylic acids is 3. The summed E-state index contributed by atoms with van der Waals surface area (Å²) in [7, 11) is 2.03. The smallest absolute Gasteiger partial charge is 0.246 e. The average Bonchev–Trinajstić information content (AvgIpc) is 3.56. The number of halogens is 2. The number of benzene rings is 1. The van der Waals surface area contributed by atoms with E-state index in [1.807, 2.05) is 19.2 Å². The van der Waals surface area contributed by atoms with E-state index < -0.39 is 29.6 Å². The van der Waals surface area contributed by atoms with E-state index in [1.54, 1.807) is 23.1 Å². The lowest BCUT2D eigenvalue weighted by molar-refractivity contribution is -0.141. The molecule has 4 aliphatic rings. The van der Waals surface area contributed by atoms with Crippen LogP contribution in [0.4, 0.5) is 5.69 Å². The molecule has 1 aromatic rings. The van der Waals surface area contributed by atoms with Gasteiger partial charge in [-0.05, 0) is 51.1 Å². The third kappa shape index (κ3) is 5.45. The van der Waals surface area contributed by atoms with Crippen molar-refractivity contribution in [3.8, 4) is 0 Å². The second-order valence-electron chi connectivity index (χ2n) is 11.4. The highest BCUT2D eigenvalue weighted by atomic mass is 35.5. The normalized spacial score (nSPS) is 29.8. The van der Waals surface area contributed by atoms with Crippen molar-refractivity contribution in [1.29, 1.82) is 0 Å². The van der Waals surface area contributed by atoms with Gasteiger partial charge >= 0.3 is 0 Å². The summed E-state index contributed by atoms with van der Waals surface area (Å²) in [5.41, 5.74) is -0.677. The minimum absolute atomic E-state index is 0.0993. The van der Waals surface area contributed by atoms with Crippen molar-refractivity contribution in [3.63, 3.8) is 0 Å². The first-order chi connectivity index (χ1) is 18.7. The Morgan fingerprint density at radius 2 is 1.90 bits per heavy atom. The molecule has 1 aliphatic carbocycles. The van der Waals surface area contributed by atoms with Gasteiger partial charge in [0, 0.05) is 24.8 Å². The molecular weight excluding hydrogens is 539 g/mol. The molecule has 39 heavy (non-hydrogen) atoms. The molecule has 2 bridgehead atoms. The fourth-order valence-corrected chi connectivity index (χ4v) is 6.95. The maximum atomic E-state index is 14.1. The fraction of sp³-hybridized carbons (Fsp3) is 0.621. The first kappa shape index (κ1) is 28.4. The number of unbranched alkanes of at least 4 members (excludes halogenated alkanes) is 1. The van der Waals surface area contributed by atoms with Crippen LogP contribution >= 0.6 is 23.2 Å². The highest BCUT2D eigenvalue weighted by Gasteiger charge is 2.72. The Kier molecular flexibility index (Phi) is 8.57. The first-order valence-electron chi connectivity index (χ1n) is 14.2. The molecule has 2 N–H and O–H groups in total. The van der Waals surface area contributed by atoms with Gasteiger partial charge in [0.25, 0.3) is 0 Å². The molecule has 8 nitrogen and oxygen atoms in total. The highest BCUT2D eigenvalue weighted by Crippen LogP contribution is 2.55. The Bertz CT molecular complexity index is 1140. The molecule has 3 aliphatic heterocycles. The maximum Gasteiger partial charge on any atom is 0.246 e. The molecule has 3 amide bonds. The molecule has 5 rings (SSSR count). The largest absolute Gasteiger partial charge is 0.359 e. The number of carbonyl (C=O) groups is 3. The summed E-state index contributed by atoms with van der Waals surface area (Å²) in [6.07, 6.45) is 10.5. The van der Waals surface area contributed by atoms with Gasteiger partial charge in [0.05, 0.1) is 28.0 Å². The number of anilines is 1. The summed E-state index contributed by atoms with van der Waals surface area (Å²) in [6, 6.07) is 4.14. The monoisotopic (exact) mass is 576 g/mol. The van der Waals surface area contributed by atoms with E-state index in [9.17, 15) is 14.4 Å². The van der Waals surface area contributed by atoms with Crippen molar-refractivity contribution >= 4 is 46.6 Å². The molecule has 10 heteroatoms. The molecule has 1 saturated carbocycles. The van der Waals surface area contributed by atoms with Crippen LogP contribution in [0.15, 0.2) is 30.4 Å². The van der Waals surface area contributed by atoms with Crippen LogP contribution in [0.5, 0.6) is 0 Å². The van der Waals surface area contributed by atoms with Gasteiger partial charge in [-0.1, -0.05) is 68.0 Å². The van der Waals surface area contributed by atoms with Crippen LogP contribution in [-0.2, 0) is 19.1 Å². The van der Waals surface area contributed by atoms with Crippen molar-refractivity contribution < 1.29 is 19.1 Å². The van der Waals surface area contributed by atoms with E-state index in [0.29, 0.717) is 28.8 Å². The molecule has 0 radical (unpaired) electrons. The number of ether oxygens (including phenoxy) is 1. The summed E-state index contributed by atoms with van der Waals surface area (Å²) < 4.78 is 6.44. The Morgan fingerprint density at radius 1 is 1.13 bits per heavy atom. The fourth-order valence-electron chi connectivity index (χ4n) is 6.65. The predicted octanol–water partition coefficient (Wildman–Crippen LogP) is 4.26. The maximum absolute atomic E-state index is 14.1. The zero-order valence-corrected chi connectivity index (χ0v) is 24.1. The number of rotatable bonds is 10. The Labute approximate surface area is 240 Å². The number of likely N-dealkylation sites (tertiary alicyclic amines) is 1. The third-order valence-corrected chi connectivity index (χ3v) is 9.42. The second kappa shape index (κ2) is 11.8. The predicted molar refractivity (Wildman–Crippen MR) is 152 cm³/mol. The van der Waals surface area contributed by atoms with Crippen molar-refractivity contribution in [2.75, 3.05) is 32.0 Å². The lowest BCUT2D eigenvalue weighted by Crippen LogP contribution is -2.57. The third-order valence-electron chi connectivity index (χ3n) is 8.68. The van der Waals surface area contributed by atoms with Gasteiger partial charge in [0.1, 0.15) is 11.6 Å². The number of nitrogens with one attached hydrogen (secondary N) is 2. The number of hydrogen-bond acceptors (Lipinski definition) is 5. The first-order valence-corrected chi connectivity index (χ1v) is 14.9. The SMILES string of the molecule is CCCCN(C)CCN1C(=O)[C@@H]2[C@H](C(=O)Nc3ccc(Cl)c(Cl)c3)[C@@H]3C=C[C@@]2(O3)[C@H]1C(=O)NC1CCCCC1. The molecule has 3 fully saturated rings. The van der Waals surface area contributed by atoms with E-state index in [1.165, 1.54) is 6.42 Å². The molecule has 3 heterocycles. The highest BCUT2D eigenvalue weighted by molar-refractivity contribution is 6.42. The van der Waals surface area contributed by atoms with Crippen LogP contribution in [0.3, 0.4) is 0 Å². The second-order valence-corrected chi connectivity index (χ2v) is 12.2. The van der Waals surface area contributed by atoms with E-state index in [-0.39, 0.29) is 23.8 Å². The topological polar surface area (TPSA) is 91.0 Å². The Morgan fingerprint density at radius 3 is 2.62 bits per heavy atom. The van der Waals surface area contributed by atoms with E-state index in [0.717, 1.165) is 45.1 Å². The number of fused-ring (bicyclic) bond motifs is 1. The van der Waals surface area contributed by atoms with Gasteiger partial charge in [0.2, 0.25) is 17.7 Å². The Balaban J connectivity index is 1.40. The van der Waals surface area contributed by atoms with E-state index in [4.69, 9.17) is 27.9 Å². The van der Waals surface area contributed by atoms with Crippen molar-refractivity contribution in [2.45, 2.75) is 75.7 Å². The van der Waals surface area contributed by atoms with E-state index >= 15 is 0 Å². The number of likely N-dealkylation sites (N-methyl/N-ethyl adjacent to an activating group) is 1. The molecule has 0 aromatic heterocycles. The number of nitrogens with zero attached hydrogens (tertiary/aromatic N) is 2. The minimum Gasteiger partial charge on any atom is -0.359 e. The quantitative estimate of drug-likeness (QED) is 0.406. The molecular formula is C29H38Cl2N4O4. The van der Waals surface area contributed by atoms with Crippen LogP contribution in [-0.4, -0.2) is 78.0 Å². The van der Waals surface area contributed by atoms with Gasteiger partial charge in [-0.15, -0.1) is 0 Å². The van der Waals surface area contributed by atoms with Gasteiger partial charge in [-0.3, -0.25) is 14.4 Å². The van der Waals surface area contributed by atoms with Gasteiger partial charge in [-0.25, -0.2) is 0 Å². The molecule has 1 aromatic carbocycles. The molecule has 0 unspecified atom stereocenters. The van der Waals surface area contributed by atoms with Crippen LogP contribution in [0, 0.1) is 11.8 Å². The molecule has 212 valence electrons. The summed E-state index contributed by atoms with van der Waals surface area (Å²) in [5.74, 6) is -2.27.